The van der Waals surface area contributed by atoms with Gasteiger partial charge in [-0.25, -0.2) is 0 Å². The molecular weight excluding hydrogens is 340 g/mol. The number of nitrogens with one attached hydrogen (secondary N) is 2. The number of rotatable bonds is 11. The maximum Gasteiger partial charge on any atom is 0.321 e. The lowest BCUT2D eigenvalue weighted by Gasteiger charge is -2.15. The van der Waals surface area contributed by atoms with E-state index in [1.54, 1.807) is 12.1 Å². The fourth-order valence-electron chi connectivity index (χ4n) is 1.88. The van der Waals surface area contributed by atoms with E-state index < -0.39 is 17.9 Å². The number of aliphatic carboxylic acids is 1. The first-order chi connectivity index (χ1) is 11.5. The Balaban J connectivity index is 2.56. The highest BCUT2D eigenvalue weighted by Gasteiger charge is 2.21. The highest BCUT2D eigenvalue weighted by molar-refractivity contribution is 6.31. The first kappa shape index (κ1) is 20.2. The molecule has 1 atom stereocenters. The molecule has 24 heavy (non-hydrogen) atoms. The Morgan fingerprint density at radius 1 is 1.33 bits per heavy atom. The van der Waals surface area contributed by atoms with E-state index in [4.69, 9.17) is 31.3 Å². The predicted molar refractivity (Wildman–Crippen MR) is 88.6 cm³/mol. The van der Waals surface area contributed by atoms with E-state index in [2.05, 4.69) is 10.6 Å². The molecule has 1 amide bonds. The maximum atomic E-state index is 12.1. The van der Waals surface area contributed by atoms with Gasteiger partial charge in [-0.05, 0) is 18.2 Å². The van der Waals surface area contributed by atoms with Crippen molar-refractivity contribution in [1.29, 1.82) is 0 Å². The predicted octanol–water partition coefficient (Wildman–Crippen LogP) is 0.729. The summed E-state index contributed by atoms with van der Waals surface area (Å²) in [5.41, 5.74) is 0.366. The number of carbonyl (C=O) groups excluding carboxylic acids is 1. The number of ether oxygens (including phenoxy) is 2. The van der Waals surface area contributed by atoms with Gasteiger partial charge >= 0.3 is 5.97 Å². The number of carboxylic acids is 1. The zero-order chi connectivity index (χ0) is 17.9. The molecule has 0 aliphatic carbocycles. The molecule has 0 saturated heterocycles. The van der Waals surface area contributed by atoms with Gasteiger partial charge in [0, 0.05) is 11.6 Å². The molecule has 1 rings (SSSR count). The van der Waals surface area contributed by atoms with Crippen molar-refractivity contribution in [3.63, 3.8) is 0 Å². The van der Waals surface area contributed by atoms with Crippen LogP contribution in [-0.4, -0.2) is 61.6 Å². The van der Waals surface area contributed by atoms with Crippen molar-refractivity contribution >= 4 is 29.2 Å². The molecule has 0 heterocycles. The van der Waals surface area contributed by atoms with Crippen LogP contribution in [0.1, 0.15) is 6.42 Å². The second-order valence-electron chi connectivity index (χ2n) is 4.78. The third-order valence-electron chi connectivity index (χ3n) is 3.00. The molecule has 0 fully saturated rings. The molecule has 8 nitrogen and oxygen atoms in total. The molecule has 0 saturated carbocycles. The van der Waals surface area contributed by atoms with Crippen molar-refractivity contribution in [1.82, 2.24) is 5.32 Å². The van der Waals surface area contributed by atoms with Crippen LogP contribution < -0.4 is 15.4 Å². The molecule has 0 spiro atoms. The second-order valence-corrected chi connectivity index (χ2v) is 5.21. The summed E-state index contributed by atoms with van der Waals surface area (Å²) in [5.74, 6) is -1.22. The summed E-state index contributed by atoms with van der Waals surface area (Å²) in [5, 5.41) is 23.4. The molecule has 0 aliphatic rings. The highest BCUT2D eigenvalue weighted by Crippen LogP contribution is 2.27. The lowest BCUT2D eigenvalue weighted by Crippen LogP contribution is -2.41. The summed E-state index contributed by atoms with van der Waals surface area (Å²) in [4.78, 5) is 23.3. The molecule has 1 unspecified atom stereocenters. The zero-order valence-corrected chi connectivity index (χ0v) is 14.0. The molecule has 0 aromatic heterocycles. The number of anilines is 1. The largest absolute Gasteiger partial charge is 0.495 e. The van der Waals surface area contributed by atoms with Crippen molar-refractivity contribution in [3.05, 3.63) is 23.2 Å². The average Bonchev–Trinajstić information content (AvgIpc) is 2.53. The molecule has 134 valence electrons. The molecule has 0 radical (unpaired) electrons. The topological polar surface area (TPSA) is 117 Å². The van der Waals surface area contributed by atoms with Gasteiger partial charge in [0.05, 0.1) is 39.0 Å². The first-order valence-corrected chi connectivity index (χ1v) is 7.64. The van der Waals surface area contributed by atoms with Gasteiger partial charge in [-0.1, -0.05) is 11.6 Å². The first-order valence-electron chi connectivity index (χ1n) is 7.26. The van der Waals surface area contributed by atoms with Gasteiger partial charge in [-0.3, -0.25) is 9.59 Å². The van der Waals surface area contributed by atoms with Crippen LogP contribution in [0.2, 0.25) is 5.02 Å². The summed E-state index contributed by atoms with van der Waals surface area (Å²) in [6.07, 6.45) is -0.273. The summed E-state index contributed by atoms with van der Waals surface area (Å²) >= 11 is 5.88. The monoisotopic (exact) mass is 360 g/mol. The Kier molecular flexibility index (Phi) is 9.10. The van der Waals surface area contributed by atoms with Gasteiger partial charge < -0.3 is 30.3 Å². The van der Waals surface area contributed by atoms with Crippen molar-refractivity contribution in [3.8, 4) is 5.75 Å². The Bertz CT molecular complexity index is 555. The van der Waals surface area contributed by atoms with Crippen LogP contribution >= 0.6 is 11.6 Å². The van der Waals surface area contributed by atoms with Gasteiger partial charge in [0.25, 0.3) is 0 Å². The summed E-state index contributed by atoms with van der Waals surface area (Å²) < 4.78 is 10.1. The van der Waals surface area contributed by atoms with E-state index in [1.165, 1.54) is 13.2 Å². The Hall–Kier alpha value is -1.87. The Morgan fingerprint density at radius 3 is 2.71 bits per heavy atom. The van der Waals surface area contributed by atoms with Gasteiger partial charge in [0.15, 0.2) is 0 Å². The van der Waals surface area contributed by atoms with Crippen molar-refractivity contribution in [2.24, 2.45) is 0 Å². The highest BCUT2D eigenvalue weighted by atomic mass is 35.5. The number of hydrogen-bond donors (Lipinski definition) is 4. The van der Waals surface area contributed by atoms with Crippen LogP contribution in [0.15, 0.2) is 18.2 Å². The number of carbonyl (C=O) groups is 2. The molecule has 9 heteroatoms. The van der Waals surface area contributed by atoms with Crippen LogP contribution in [0.4, 0.5) is 5.69 Å². The number of hydrogen-bond acceptors (Lipinski definition) is 6. The van der Waals surface area contributed by atoms with E-state index in [-0.39, 0.29) is 32.8 Å². The Morgan fingerprint density at radius 2 is 2.08 bits per heavy atom. The molecule has 0 aliphatic heterocycles. The van der Waals surface area contributed by atoms with Gasteiger partial charge in [-0.15, -0.1) is 0 Å². The number of carboxylic acid groups (broad SMARTS) is 1. The number of aliphatic hydroxyl groups excluding tert-OH is 1. The van der Waals surface area contributed by atoms with Crippen molar-refractivity contribution in [2.45, 2.75) is 12.5 Å². The lowest BCUT2D eigenvalue weighted by molar-refractivity contribution is -0.141. The molecule has 4 N–H and O–H groups in total. The minimum absolute atomic E-state index is 0.105. The third kappa shape index (κ3) is 7.14. The molecular formula is C15H21ClN2O6. The zero-order valence-electron chi connectivity index (χ0n) is 13.3. The SMILES string of the molecule is COc1ccc(Cl)cc1NC(=O)CC(NCCOCCO)C(=O)O. The van der Waals surface area contributed by atoms with Crippen molar-refractivity contribution in [2.75, 3.05) is 38.8 Å². The number of amides is 1. The minimum atomic E-state index is -1.15. The normalized spacial score (nSPS) is 11.8. The smallest absolute Gasteiger partial charge is 0.321 e. The van der Waals surface area contributed by atoms with Crippen LogP contribution in [0.25, 0.3) is 0 Å². The van der Waals surface area contributed by atoms with Gasteiger partial charge in [0.2, 0.25) is 5.91 Å². The second kappa shape index (κ2) is 10.8. The number of halogens is 1. The average molecular weight is 361 g/mol. The van der Waals surface area contributed by atoms with Crippen molar-refractivity contribution < 1.29 is 29.3 Å². The van der Waals surface area contributed by atoms with Crippen LogP contribution in [0, 0.1) is 0 Å². The van der Waals surface area contributed by atoms with Gasteiger partial charge in [-0.2, -0.15) is 0 Å². The fourth-order valence-corrected chi connectivity index (χ4v) is 2.06. The van der Waals surface area contributed by atoms with Crippen LogP contribution in [0.3, 0.4) is 0 Å². The number of benzene rings is 1. The standard InChI is InChI=1S/C15H21ClN2O6/c1-23-13-3-2-10(16)8-11(13)18-14(20)9-12(15(21)22)17-4-6-24-7-5-19/h2-3,8,12,17,19H,4-7,9H2,1H3,(H,18,20)(H,21,22). The Labute approximate surface area is 144 Å². The maximum absolute atomic E-state index is 12.1. The number of aliphatic hydroxyl groups is 1. The minimum Gasteiger partial charge on any atom is -0.495 e. The summed E-state index contributed by atoms with van der Waals surface area (Å²) in [6.45, 7) is 0.541. The van der Waals surface area contributed by atoms with E-state index in [9.17, 15) is 9.59 Å². The molecule has 1 aromatic rings. The van der Waals surface area contributed by atoms with E-state index >= 15 is 0 Å². The van der Waals surface area contributed by atoms with E-state index in [0.717, 1.165) is 0 Å². The summed E-state index contributed by atoms with van der Waals surface area (Å²) in [6, 6.07) is 3.67. The van der Waals surface area contributed by atoms with E-state index in [1.807, 2.05) is 0 Å². The van der Waals surface area contributed by atoms with Crippen LogP contribution in [0.5, 0.6) is 5.75 Å². The quantitative estimate of drug-likeness (QED) is 0.430. The van der Waals surface area contributed by atoms with E-state index in [0.29, 0.717) is 16.5 Å². The van der Waals surface area contributed by atoms with Gasteiger partial charge in [0.1, 0.15) is 11.8 Å². The molecule has 1 aromatic carbocycles. The molecule has 0 bridgehead atoms. The third-order valence-corrected chi connectivity index (χ3v) is 3.23. The number of methoxy groups -OCH3 is 1. The summed E-state index contributed by atoms with van der Waals surface area (Å²) in [7, 11) is 1.45. The van der Waals surface area contributed by atoms with Crippen LogP contribution in [-0.2, 0) is 14.3 Å². The fraction of sp³-hybridized carbons (Fsp3) is 0.467. The lowest BCUT2D eigenvalue weighted by atomic mass is 10.2.